The molecule has 14 heavy (non-hydrogen) atoms. The zero-order valence-corrected chi connectivity index (χ0v) is 9.29. The number of rotatable bonds is 4. The van der Waals surface area contributed by atoms with E-state index in [1.807, 2.05) is 26.0 Å². The largest absolute Gasteiger partial charge is 0.465 e. The van der Waals surface area contributed by atoms with Crippen molar-refractivity contribution in [3.63, 3.8) is 0 Å². The Morgan fingerprint density at radius 2 is 2.14 bits per heavy atom. The van der Waals surface area contributed by atoms with Crippen molar-refractivity contribution in [2.24, 2.45) is 0 Å². The first kappa shape index (κ1) is 11.3. The van der Waals surface area contributed by atoms with Gasteiger partial charge < -0.3 is 14.8 Å². The number of hydrogen-bond acceptors (Lipinski definition) is 3. The molecular formula is C11H19NO2. The van der Waals surface area contributed by atoms with E-state index in [4.69, 9.17) is 4.42 Å². The van der Waals surface area contributed by atoms with Crippen LogP contribution in [0.2, 0.25) is 0 Å². The molecule has 0 spiro atoms. The van der Waals surface area contributed by atoms with Gasteiger partial charge in [0, 0.05) is 6.54 Å². The molecule has 3 heteroatoms. The Labute approximate surface area is 85.1 Å². The Bertz CT molecular complexity index is 286. The van der Waals surface area contributed by atoms with Crippen molar-refractivity contribution in [1.29, 1.82) is 0 Å². The summed E-state index contributed by atoms with van der Waals surface area (Å²) in [6.45, 7) is 8.05. The molecule has 1 aromatic rings. The van der Waals surface area contributed by atoms with Gasteiger partial charge in [-0.2, -0.15) is 0 Å². The minimum atomic E-state index is -0.685. The van der Waals surface area contributed by atoms with Crippen LogP contribution >= 0.6 is 0 Å². The maximum Gasteiger partial charge on any atom is 0.120 e. The van der Waals surface area contributed by atoms with E-state index in [-0.39, 0.29) is 6.04 Å². The summed E-state index contributed by atoms with van der Waals surface area (Å²) >= 11 is 0. The SMILES string of the molecule is Cc1ccc([C@H](C)NCC(C)(C)O)o1. The second kappa shape index (κ2) is 4.15. The van der Waals surface area contributed by atoms with Crippen LogP contribution in [0.25, 0.3) is 0 Å². The fraction of sp³-hybridized carbons (Fsp3) is 0.636. The summed E-state index contributed by atoms with van der Waals surface area (Å²) in [5.41, 5.74) is -0.685. The first-order valence-corrected chi connectivity index (χ1v) is 4.90. The molecule has 1 atom stereocenters. The number of aliphatic hydroxyl groups is 1. The predicted octanol–water partition coefficient (Wildman–Crippen LogP) is 2.01. The molecule has 0 fully saturated rings. The van der Waals surface area contributed by atoms with Gasteiger partial charge in [-0.15, -0.1) is 0 Å². The molecule has 0 amide bonds. The topological polar surface area (TPSA) is 45.4 Å². The fourth-order valence-corrected chi connectivity index (χ4v) is 1.19. The minimum absolute atomic E-state index is 0.134. The van der Waals surface area contributed by atoms with Crippen molar-refractivity contribution in [1.82, 2.24) is 5.32 Å². The van der Waals surface area contributed by atoms with Crippen LogP contribution in [0.3, 0.4) is 0 Å². The van der Waals surface area contributed by atoms with Crippen LogP contribution in [0, 0.1) is 6.92 Å². The predicted molar refractivity (Wildman–Crippen MR) is 56.2 cm³/mol. The molecule has 0 unspecified atom stereocenters. The molecule has 0 saturated heterocycles. The zero-order chi connectivity index (χ0) is 10.8. The average Bonchev–Trinajstić information content (AvgIpc) is 2.46. The highest BCUT2D eigenvalue weighted by Crippen LogP contribution is 2.15. The summed E-state index contributed by atoms with van der Waals surface area (Å²) in [6.07, 6.45) is 0. The van der Waals surface area contributed by atoms with Crippen LogP contribution in [-0.2, 0) is 0 Å². The van der Waals surface area contributed by atoms with Gasteiger partial charge in [0.2, 0.25) is 0 Å². The summed E-state index contributed by atoms with van der Waals surface area (Å²) in [4.78, 5) is 0. The van der Waals surface area contributed by atoms with Crippen LogP contribution in [0.4, 0.5) is 0 Å². The van der Waals surface area contributed by atoms with E-state index in [0.29, 0.717) is 6.54 Å². The highest BCUT2D eigenvalue weighted by molar-refractivity contribution is 5.08. The lowest BCUT2D eigenvalue weighted by atomic mass is 10.1. The Hall–Kier alpha value is -0.800. The highest BCUT2D eigenvalue weighted by atomic mass is 16.3. The van der Waals surface area contributed by atoms with Gasteiger partial charge in [0.05, 0.1) is 11.6 Å². The molecule has 0 saturated carbocycles. The number of nitrogens with one attached hydrogen (secondary N) is 1. The van der Waals surface area contributed by atoms with Crippen molar-refractivity contribution < 1.29 is 9.52 Å². The molecule has 0 aromatic carbocycles. The summed E-state index contributed by atoms with van der Waals surface area (Å²) in [5.74, 6) is 1.82. The average molecular weight is 197 g/mol. The number of hydrogen-bond donors (Lipinski definition) is 2. The van der Waals surface area contributed by atoms with Crippen LogP contribution < -0.4 is 5.32 Å². The molecule has 1 rings (SSSR count). The van der Waals surface area contributed by atoms with Crippen LogP contribution in [0.5, 0.6) is 0 Å². The molecule has 2 N–H and O–H groups in total. The minimum Gasteiger partial charge on any atom is -0.465 e. The van der Waals surface area contributed by atoms with Crippen molar-refractivity contribution in [3.05, 3.63) is 23.7 Å². The van der Waals surface area contributed by atoms with E-state index in [2.05, 4.69) is 5.32 Å². The lowest BCUT2D eigenvalue weighted by molar-refractivity contribution is 0.0762. The number of furan rings is 1. The second-order valence-corrected chi connectivity index (χ2v) is 4.36. The van der Waals surface area contributed by atoms with E-state index in [1.165, 1.54) is 0 Å². The molecular weight excluding hydrogens is 178 g/mol. The number of aryl methyl sites for hydroxylation is 1. The first-order chi connectivity index (χ1) is 6.38. The first-order valence-electron chi connectivity index (χ1n) is 4.90. The quantitative estimate of drug-likeness (QED) is 0.776. The molecule has 0 aliphatic carbocycles. The van der Waals surface area contributed by atoms with Gasteiger partial charge in [-0.05, 0) is 39.8 Å². The van der Waals surface area contributed by atoms with Gasteiger partial charge in [0.1, 0.15) is 11.5 Å². The van der Waals surface area contributed by atoms with Crippen molar-refractivity contribution in [2.75, 3.05) is 6.54 Å². The maximum atomic E-state index is 9.53. The van der Waals surface area contributed by atoms with Gasteiger partial charge in [-0.1, -0.05) is 0 Å². The van der Waals surface area contributed by atoms with E-state index >= 15 is 0 Å². The van der Waals surface area contributed by atoms with Crippen molar-refractivity contribution in [3.8, 4) is 0 Å². The van der Waals surface area contributed by atoms with E-state index in [9.17, 15) is 5.11 Å². The van der Waals surface area contributed by atoms with Gasteiger partial charge in [0.15, 0.2) is 0 Å². The summed E-state index contributed by atoms with van der Waals surface area (Å²) in [5, 5.41) is 12.7. The van der Waals surface area contributed by atoms with Crippen LogP contribution in [0.1, 0.15) is 38.3 Å². The summed E-state index contributed by atoms with van der Waals surface area (Å²) < 4.78 is 5.47. The Morgan fingerprint density at radius 3 is 2.57 bits per heavy atom. The Balaban J connectivity index is 2.47. The highest BCUT2D eigenvalue weighted by Gasteiger charge is 2.15. The molecule has 0 radical (unpaired) electrons. The van der Waals surface area contributed by atoms with E-state index < -0.39 is 5.60 Å². The third kappa shape index (κ3) is 3.52. The van der Waals surface area contributed by atoms with Crippen LogP contribution in [-0.4, -0.2) is 17.3 Å². The lowest BCUT2D eigenvalue weighted by Gasteiger charge is -2.20. The van der Waals surface area contributed by atoms with Gasteiger partial charge >= 0.3 is 0 Å². The van der Waals surface area contributed by atoms with Gasteiger partial charge in [0.25, 0.3) is 0 Å². The zero-order valence-electron chi connectivity index (χ0n) is 9.29. The standard InChI is InChI=1S/C11H19NO2/c1-8-5-6-10(14-8)9(2)12-7-11(3,4)13/h5-6,9,12-13H,7H2,1-4H3/t9-/m0/s1. The van der Waals surface area contributed by atoms with Gasteiger partial charge in [-0.3, -0.25) is 0 Å². The van der Waals surface area contributed by atoms with Crippen LogP contribution in [0.15, 0.2) is 16.5 Å². The fourth-order valence-electron chi connectivity index (χ4n) is 1.19. The molecule has 0 aliphatic heterocycles. The summed E-state index contributed by atoms with van der Waals surface area (Å²) in [7, 11) is 0. The Morgan fingerprint density at radius 1 is 1.50 bits per heavy atom. The lowest BCUT2D eigenvalue weighted by Crippen LogP contribution is -2.35. The molecule has 1 aromatic heterocycles. The monoisotopic (exact) mass is 197 g/mol. The second-order valence-electron chi connectivity index (χ2n) is 4.36. The van der Waals surface area contributed by atoms with Crippen molar-refractivity contribution in [2.45, 2.75) is 39.3 Å². The van der Waals surface area contributed by atoms with E-state index in [1.54, 1.807) is 13.8 Å². The molecule has 3 nitrogen and oxygen atoms in total. The third-order valence-electron chi connectivity index (χ3n) is 2.03. The summed E-state index contributed by atoms with van der Waals surface area (Å²) in [6, 6.07) is 4.03. The smallest absolute Gasteiger partial charge is 0.120 e. The van der Waals surface area contributed by atoms with Crippen molar-refractivity contribution >= 4 is 0 Å². The normalized spacial score (nSPS) is 14.4. The molecule has 80 valence electrons. The Kier molecular flexibility index (Phi) is 3.34. The molecule has 1 heterocycles. The molecule has 0 bridgehead atoms. The third-order valence-corrected chi connectivity index (χ3v) is 2.03. The molecule has 0 aliphatic rings. The van der Waals surface area contributed by atoms with E-state index in [0.717, 1.165) is 11.5 Å². The maximum absolute atomic E-state index is 9.53. The van der Waals surface area contributed by atoms with Gasteiger partial charge in [-0.25, -0.2) is 0 Å².